The molecule has 0 unspecified atom stereocenters. The van der Waals surface area contributed by atoms with Gasteiger partial charge in [-0.05, 0) is 25.4 Å². The van der Waals surface area contributed by atoms with Crippen LogP contribution < -0.4 is 0 Å². The number of aliphatic imine (C=N–C) groups is 1. The van der Waals surface area contributed by atoms with Crippen LogP contribution in [0.4, 0.5) is 4.79 Å². The van der Waals surface area contributed by atoms with E-state index in [0.29, 0.717) is 6.61 Å². The monoisotopic (exact) mass is 253 g/mol. The van der Waals surface area contributed by atoms with Gasteiger partial charge in [0.1, 0.15) is 6.61 Å². The van der Waals surface area contributed by atoms with E-state index in [4.69, 9.17) is 4.74 Å². The lowest BCUT2D eigenvalue weighted by Gasteiger charge is -2.08. The Morgan fingerprint density at radius 1 is 1.64 bits per heavy atom. The van der Waals surface area contributed by atoms with Crippen LogP contribution in [-0.4, -0.2) is 36.2 Å². The maximum absolute atomic E-state index is 10.8. The fourth-order valence-electron chi connectivity index (χ4n) is 0.530. The van der Waals surface area contributed by atoms with Gasteiger partial charge in [0.2, 0.25) is 0 Å². The normalized spacial score (nSPS) is 11.3. The third-order valence-corrected chi connectivity index (χ3v) is 3.36. The molecule has 0 aliphatic rings. The van der Waals surface area contributed by atoms with Crippen LogP contribution in [0.3, 0.4) is 0 Å². The topological polar surface area (TPSA) is 47.9 Å². The number of isothiocyanates is 1. The van der Waals surface area contributed by atoms with E-state index >= 15 is 0 Å². The van der Waals surface area contributed by atoms with Gasteiger partial charge in [-0.25, -0.2) is 4.79 Å². The first-order valence-corrected chi connectivity index (χ1v) is 6.76. The second kappa shape index (κ2) is 9.33. The van der Waals surface area contributed by atoms with Crippen molar-refractivity contribution < 1.29 is 14.3 Å². The molecule has 0 fully saturated rings. The van der Waals surface area contributed by atoms with Crippen LogP contribution in [0.25, 0.3) is 0 Å². The highest BCUT2D eigenvalue weighted by Gasteiger charge is 2.07. The number of ether oxygens (including phenoxy) is 2. The molecule has 80 valence electrons. The molecule has 0 aliphatic carbocycles. The van der Waals surface area contributed by atoms with E-state index in [0.717, 1.165) is 0 Å². The lowest BCUT2D eigenvalue weighted by Crippen LogP contribution is -2.14. The molecule has 0 bridgehead atoms. The zero-order valence-corrected chi connectivity index (χ0v) is 10.3. The summed E-state index contributed by atoms with van der Waals surface area (Å²) in [7, 11) is 3.26. The summed E-state index contributed by atoms with van der Waals surface area (Å²) in [5.41, 5.74) is 0. The van der Waals surface area contributed by atoms with Gasteiger partial charge >= 0.3 is 6.16 Å². The molecule has 0 radical (unpaired) electrons. The minimum Gasteiger partial charge on any atom is -0.433 e. The van der Waals surface area contributed by atoms with Crippen LogP contribution >= 0.6 is 33.8 Å². The maximum atomic E-state index is 10.8. The van der Waals surface area contributed by atoms with Gasteiger partial charge in [0.05, 0.1) is 5.16 Å². The molecule has 0 spiro atoms. The quantitative estimate of drug-likeness (QED) is 0.314. The maximum Gasteiger partial charge on any atom is 0.510 e. The molecular weight excluding hydrogens is 242 g/mol. The summed E-state index contributed by atoms with van der Waals surface area (Å²) in [6.45, 7) is 2.15. The van der Waals surface area contributed by atoms with Crippen molar-refractivity contribution in [1.29, 1.82) is 0 Å². The van der Waals surface area contributed by atoms with Crippen LogP contribution in [0.1, 0.15) is 6.92 Å². The Kier molecular flexibility index (Phi) is 9.18. The summed E-state index contributed by atoms with van der Waals surface area (Å²) >= 11 is 4.29. The number of hydrogen-bond acceptors (Lipinski definition) is 7. The zero-order valence-electron chi connectivity index (χ0n) is 7.89. The highest BCUT2D eigenvalue weighted by Crippen LogP contribution is 2.23. The predicted octanol–water partition coefficient (Wildman–Crippen LogP) is 2.60. The number of nitrogens with zero attached hydrogens (tertiary/aromatic N) is 1. The van der Waals surface area contributed by atoms with Gasteiger partial charge in [-0.2, -0.15) is 4.99 Å². The molecule has 0 amide bonds. The van der Waals surface area contributed by atoms with Crippen molar-refractivity contribution in [3.63, 3.8) is 0 Å². The summed E-state index contributed by atoms with van der Waals surface area (Å²) in [6, 6.07) is 0. The molecular formula is C7H11NO3S3. The van der Waals surface area contributed by atoms with Gasteiger partial charge in [-0.1, -0.05) is 21.6 Å². The largest absolute Gasteiger partial charge is 0.510 e. The average Bonchev–Trinajstić information content (AvgIpc) is 2.16. The van der Waals surface area contributed by atoms with E-state index in [2.05, 4.69) is 27.1 Å². The van der Waals surface area contributed by atoms with E-state index in [9.17, 15) is 4.79 Å². The smallest absolute Gasteiger partial charge is 0.433 e. The van der Waals surface area contributed by atoms with Crippen molar-refractivity contribution in [3.05, 3.63) is 0 Å². The second-order valence-corrected chi connectivity index (χ2v) is 5.25. The lowest BCUT2D eigenvalue weighted by molar-refractivity contribution is 0.0588. The Hall–Kier alpha value is -0.230. The fraction of sp³-hybridized carbons (Fsp3) is 0.714. The number of carbonyl (C=O) groups excluding carboxylic acids is 1. The van der Waals surface area contributed by atoms with E-state index in [-0.39, 0.29) is 12.0 Å². The molecule has 14 heavy (non-hydrogen) atoms. The Labute approximate surface area is 96.2 Å². The van der Waals surface area contributed by atoms with Gasteiger partial charge < -0.3 is 9.47 Å². The van der Waals surface area contributed by atoms with Crippen LogP contribution in [0.5, 0.6) is 0 Å². The van der Waals surface area contributed by atoms with Gasteiger partial charge in [-0.3, -0.25) is 0 Å². The van der Waals surface area contributed by atoms with E-state index in [1.54, 1.807) is 21.6 Å². The van der Waals surface area contributed by atoms with Gasteiger partial charge in [-0.15, -0.1) is 0 Å². The molecule has 7 heteroatoms. The Balaban J connectivity index is 3.47. The Morgan fingerprint density at radius 2 is 2.36 bits per heavy atom. The summed E-state index contributed by atoms with van der Waals surface area (Å²) in [6.07, 6.45) is 1.24. The van der Waals surface area contributed by atoms with Crippen molar-refractivity contribution in [3.8, 4) is 0 Å². The van der Waals surface area contributed by atoms with Gasteiger partial charge in [0.15, 0.2) is 6.73 Å². The first-order valence-electron chi connectivity index (χ1n) is 3.73. The molecule has 1 atom stereocenters. The van der Waals surface area contributed by atoms with E-state index < -0.39 is 6.16 Å². The standard InChI is InChI=1S/C7H11NO3S3/c1-6(14-13-2)3-10-7(9)11-4-8-5-12/h6H,3-4H2,1-2H3/t6-/m0/s1. The van der Waals surface area contributed by atoms with Crippen molar-refractivity contribution in [2.75, 3.05) is 19.6 Å². The Bertz CT molecular complexity index is 218. The molecule has 0 saturated heterocycles. The molecule has 0 saturated carbocycles. The summed E-state index contributed by atoms with van der Waals surface area (Å²) < 4.78 is 9.32. The molecule has 0 rings (SSSR count). The summed E-state index contributed by atoms with van der Waals surface area (Å²) in [4.78, 5) is 14.3. The molecule has 0 aromatic carbocycles. The van der Waals surface area contributed by atoms with Crippen molar-refractivity contribution in [2.24, 2.45) is 4.99 Å². The fourth-order valence-corrected chi connectivity index (χ4v) is 2.19. The second-order valence-electron chi connectivity index (χ2n) is 2.16. The zero-order chi connectivity index (χ0) is 10.8. The molecule has 0 aromatic heterocycles. The van der Waals surface area contributed by atoms with Crippen LogP contribution in [0.2, 0.25) is 0 Å². The number of rotatable bonds is 6. The van der Waals surface area contributed by atoms with Gasteiger partial charge in [0, 0.05) is 5.25 Å². The van der Waals surface area contributed by atoms with Crippen LogP contribution in [-0.2, 0) is 9.47 Å². The van der Waals surface area contributed by atoms with Crippen LogP contribution in [0.15, 0.2) is 4.99 Å². The minimum atomic E-state index is -0.729. The third kappa shape index (κ3) is 8.37. The minimum absolute atomic E-state index is 0.133. The van der Waals surface area contributed by atoms with Crippen LogP contribution in [0, 0.1) is 0 Å². The van der Waals surface area contributed by atoms with Crippen molar-refractivity contribution in [1.82, 2.24) is 0 Å². The molecule has 0 heterocycles. The predicted molar refractivity (Wildman–Crippen MR) is 62.9 cm³/mol. The van der Waals surface area contributed by atoms with E-state index in [1.807, 2.05) is 13.2 Å². The third-order valence-electron chi connectivity index (χ3n) is 1.01. The van der Waals surface area contributed by atoms with Crippen molar-refractivity contribution >= 4 is 45.1 Å². The highest BCUT2D eigenvalue weighted by atomic mass is 33.1. The summed E-state index contributed by atoms with van der Waals surface area (Å²) in [5.74, 6) is 0. The highest BCUT2D eigenvalue weighted by molar-refractivity contribution is 8.76. The lowest BCUT2D eigenvalue weighted by atomic mass is 10.5. The molecule has 4 nitrogen and oxygen atoms in total. The molecule has 0 aromatic rings. The van der Waals surface area contributed by atoms with Crippen molar-refractivity contribution in [2.45, 2.75) is 12.2 Å². The number of hydrogen-bond donors (Lipinski definition) is 0. The Morgan fingerprint density at radius 3 is 2.93 bits per heavy atom. The van der Waals surface area contributed by atoms with E-state index in [1.165, 1.54) is 0 Å². The first-order chi connectivity index (χ1) is 6.70. The number of thiocarbonyl (C=S) groups is 1. The molecule has 0 aliphatic heterocycles. The number of carbonyl (C=O) groups is 1. The molecule has 0 N–H and O–H groups in total. The average molecular weight is 253 g/mol. The first kappa shape index (κ1) is 13.8. The SMILES string of the molecule is CSS[C@@H](C)COC(=O)OCN=C=S. The summed E-state index contributed by atoms with van der Waals surface area (Å²) in [5, 5.41) is 2.32. The van der Waals surface area contributed by atoms with Gasteiger partial charge in [0.25, 0.3) is 0 Å².